The van der Waals surface area contributed by atoms with Crippen molar-refractivity contribution in [3.05, 3.63) is 0 Å². The predicted octanol–water partition coefficient (Wildman–Crippen LogP) is 2.96. The van der Waals surface area contributed by atoms with Crippen molar-refractivity contribution in [2.24, 2.45) is 4.99 Å². The molecule has 0 amide bonds. The molecule has 2 rings (SSSR count). The van der Waals surface area contributed by atoms with Gasteiger partial charge < -0.3 is 24.6 Å². The predicted molar refractivity (Wildman–Crippen MR) is 123 cm³/mol. The van der Waals surface area contributed by atoms with Crippen molar-refractivity contribution in [3.63, 3.8) is 0 Å². The van der Waals surface area contributed by atoms with Crippen LogP contribution in [-0.4, -0.2) is 87.5 Å². The number of likely N-dealkylation sites (tertiary alicyclic amines) is 1. The maximum Gasteiger partial charge on any atom is 0.193 e. The van der Waals surface area contributed by atoms with Gasteiger partial charge in [0.05, 0.1) is 18.8 Å². The third kappa shape index (κ3) is 9.28. The second-order valence-electron chi connectivity index (χ2n) is 7.42. The SMILES string of the molecule is CCCN(CC)CCNC(=NC)N1CCC(OCC2CCCCO2)CC1.I. The van der Waals surface area contributed by atoms with E-state index in [0.717, 1.165) is 71.2 Å². The zero-order chi connectivity index (χ0) is 18.6. The Morgan fingerprint density at radius 1 is 1.19 bits per heavy atom. The molecule has 0 spiro atoms. The van der Waals surface area contributed by atoms with Gasteiger partial charge in [0, 0.05) is 39.8 Å². The lowest BCUT2D eigenvalue weighted by Crippen LogP contribution is -2.48. The maximum absolute atomic E-state index is 6.12. The zero-order valence-electron chi connectivity index (χ0n) is 17.6. The van der Waals surface area contributed by atoms with Crippen molar-refractivity contribution < 1.29 is 9.47 Å². The fourth-order valence-corrected chi connectivity index (χ4v) is 3.82. The average molecular weight is 496 g/mol. The summed E-state index contributed by atoms with van der Waals surface area (Å²) in [6, 6.07) is 0. The monoisotopic (exact) mass is 496 g/mol. The summed E-state index contributed by atoms with van der Waals surface area (Å²) in [6.45, 7) is 12.5. The third-order valence-electron chi connectivity index (χ3n) is 5.44. The van der Waals surface area contributed by atoms with Crippen LogP contribution in [0.25, 0.3) is 0 Å². The molecule has 1 atom stereocenters. The summed E-state index contributed by atoms with van der Waals surface area (Å²) >= 11 is 0. The molecule has 6 nitrogen and oxygen atoms in total. The minimum Gasteiger partial charge on any atom is -0.376 e. The molecule has 0 aliphatic carbocycles. The van der Waals surface area contributed by atoms with E-state index < -0.39 is 0 Å². The van der Waals surface area contributed by atoms with E-state index in [1.807, 2.05) is 7.05 Å². The quantitative estimate of drug-likeness (QED) is 0.302. The average Bonchev–Trinajstić information content (AvgIpc) is 2.70. The molecule has 2 aliphatic rings. The van der Waals surface area contributed by atoms with E-state index in [2.05, 4.69) is 34.0 Å². The van der Waals surface area contributed by atoms with Crippen LogP contribution in [0.3, 0.4) is 0 Å². The minimum absolute atomic E-state index is 0. The first-order valence-electron chi connectivity index (χ1n) is 10.7. The number of nitrogens with zero attached hydrogens (tertiary/aromatic N) is 3. The van der Waals surface area contributed by atoms with Crippen LogP contribution in [0.4, 0.5) is 0 Å². The van der Waals surface area contributed by atoms with E-state index in [1.54, 1.807) is 0 Å². The fourth-order valence-electron chi connectivity index (χ4n) is 3.82. The lowest BCUT2D eigenvalue weighted by Gasteiger charge is -2.35. The van der Waals surface area contributed by atoms with Crippen molar-refractivity contribution in [1.82, 2.24) is 15.1 Å². The van der Waals surface area contributed by atoms with Gasteiger partial charge >= 0.3 is 0 Å². The summed E-state index contributed by atoms with van der Waals surface area (Å²) in [7, 11) is 1.88. The normalized spacial score (nSPS) is 22.0. The van der Waals surface area contributed by atoms with Crippen molar-refractivity contribution in [1.29, 1.82) is 0 Å². The van der Waals surface area contributed by atoms with Crippen molar-refractivity contribution >= 4 is 29.9 Å². The molecule has 160 valence electrons. The highest BCUT2D eigenvalue weighted by molar-refractivity contribution is 14.0. The Morgan fingerprint density at radius 3 is 2.56 bits per heavy atom. The van der Waals surface area contributed by atoms with Gasteiger partial charge in [-0.25, -0.2) is 0 Å². The second-order valence-corrected chi connectivity index (χ2v) is 7.42. The molecule has 0 aromatic heterocycles. The van der Waals surface area contributed by atoms with Crippen LogP contribution in [0.1, 0.15) is 52.4 Å². The highest BCUT2D eigenvalue weighted by atomic mass is 127. The number of likely N-dealkylation sites (N-methyl/N-ethyl adjacent to an activating group) is 1. The summed E-state index contributed by atoms with van der Waals surface area (Å²) in [6.07, 6.45) is 7.69. The fraction of sp³-hybridized carbons (Fsp3) is 0.950. The van der Waals surface area contributed by atoms with Crippen LogP contribution in [-0.2, 0) is 9.47 Å². The topological polar surface area (TPSA) is 49.3 Å². The van der Waals surface area contributed by atoms with Crippen molar-refractivity contribution in [2.75, 3.05) is 59.5 Å². The second kappa shape index (κ2) is 14.8. The Labute approximate surface area is 183 Å². The lowest BCUT2D eigenvalue weighted by molar-refractivity contribution is -0.0721. The molecular weight excluding hydrogens is 455 g/mol. The minimum atomic E-state index is 0. The van der Waals surface area contributed by atoms with Gasteiger partial charge in [-0.1, -0.05) is 13.8 Å². The van der Waals surface area contributed by atoms with Gasteiger partial charge in [0.1, 0.15) is 0 Å². The Bertz CT molecular complexity index is 397. The number of aliphatic imine (C=N–C) groups is 1. The number of halogens is 1. The summed E-state index contributed by atoms with van der Waals surface area (Å²) in [5, 5.41) is 3.53. The van der Waals surface area contributed by atoms with Crippen LogP contribution in [0.15, 0.2) is 4.99 Å². The van der Waals surface area contributed by atoms with Crippen molar-refractivity contribution in [2.45, 2.75) is 64.6 Å². The van der Waals surface area contributed by atoms with E-state index in [0.29, 0.717) is 12.2 Å². The van der Waals surface area contributed by atoms with Crippen LogP contribution >= 0.6 is 24.0 Å². The molecule has 1 unspecified atom stereocenters. The van der Waals surface area contributed by atoms with Gasteiger partial charge in [0.15, 0.2) is 5.96 Å². The first kappa shape index (κ1) is 24.9. The maximum atomic E-state index is 6.12. The van der Waals surface area contributed by atoms with Gasteiger partial charge in [-0.05, 0) is 51.6 Å². The standard InChI is InChI=1S/C20H40N4O2.HI/c1-4-12-23(5-2)15-11-22-20(21-3)24-13-9-18(10-14-24)26-17-19-8-6-7-16-25-19;/h18-19H,4-17H2,1-3H3,(H,21,22);1H. The largest absolute Gasteiger partial charge is 0.376 e. The van der Waals surface area contributed by atoms with Gasteiger partial charge in [-0.2, -0.15) is 0 Å². The number of hydrogen-bond acceptors (Lipinski definition) is 4. The molecule has 0 aromatic rings. The number of hydrogen-bond donors (Lipinski definition) is 1. The smallest absolute Gasteiger partial charge is 0.193 e. The highest BCUT2D eigenvalue weighted by Gasteiger charge is 2.23. The number of piperidine rings is 1. The van der Waals surface area contributed by atoms with Crippen LogP contribution in [0, 0.1) is 0 Å². The van der Waals surface area contributed by atoms with E-state index in [9.17, 15) is 0 Å². The summed E-state index contributed by atoms with van der Waals surface area (Å²) in [5.41, 5.74) is 0. The molecule has 2 heterocycles. The molecule has 1 N–H and O–H groups in total. The molecule has 0 saturated carbocycles. The van der Waals surface area contributed by atoms with E-state index in [1.165, 1.54) is 25.8 Å². The number of rotatable bonds is 9. The lowest BCUT2D eigenvalue weighted by atomic mass is 10.1. The zero-order valence-corrected chi connectivity index (χ0v) is 20.0. The Balaban J connectivity index is 0.00000364. The van der Waals surface area contributed by atoms with Crippen LogP contribution < -0.4 is 5.32 Å². The van der Waals surface area contributed by atoms with Gasteiger partial charge in [0.2, 0.25) is 0 Å². The summed E-state index contributed by atoms with van der Waals surface area (Å²) < 4.78 is 11.9. The Morgan fingerprint density at radius 2 is 1.96 bits per heavy atom. The van der Waals surface area contributed by atoms with Crippen molar-refractivity contribution in [3.8, 4) is 0 Å². The first-order chi connectivity index (χ1) is 12.8. The molecule has 2 aliphatic heterocycles. The van der Waals surface area contributed by atoms with Gasteiger partial charge in [-0.3, -0.25) is 4.99 Å². The first-order valence-corrected chi connectivity index (χ1v) is 10.7. The van der Waals surface area contributed by atoms with E-state index in [-0.39, 0.29) is 24.0 Å². The molecule has 0 bridgehead atoms. The molecule has 7 heteroatoms. The summed E-state index contributed by atoms with van der Waals surface area (Å²) in [4.78, 5) is 9.32. The Kier molecular flexibility index (Phi) is 13.7. The van der Waals surface area contributed by atoms with Gasteiger partial charge in [-0.15, -0.1) is 24.0 Å². The molecular formula is C20H41IN4O2. The number of ether oxygens (including phenoxy) is 2. The van der Waals surface area contributed by atoms with E-state index in [4.69, 9.17) is 9.47 Å². The molecule has 27 heavy (non-hydrogen) atoms. The summed E-state index contributed by atoms with van der Waals surface area (Å²) in [5.74, 6) is 1.03. The molecule has 0 aromatic carbocycles. The van der Waals surface area contributed by atoms with Crippen LogP contribution in [0.5, 0.6) is 0 Å². The highest BCUT2D eigenvalue weighted by Crippen LogP contribution is 2.17. The molecule has 0 radical (unpaired) electrons. The van der Waals surface area contributed by atoms with Crippen LogP contribution in [0.2, 0.25) is 0 Å². The third-order valence-corrected chi connectivity index (χ3v) is 5.44. The van der Waals surface area contributed by atoms with Gasteiger partial charge in [0.25, 0.3) is 0 Å². The number of guanidine groups is 1. The molecule has 2 saturated heterocycles. The molecule has 2 fully saturated rings. The number of nitrogens with one attached hydrogen (secondary N) is 1. The Hall–Kier alpha value is -0.120. The van der Waals surface area contributed by atoms with E-state index >= 15 is 0 Å².